The first-order chi connectivity index (χ1) is 12.1. The fraction of sp³-hybridized carbons (Fsp3) is 0.300. The van der Waals surface area contributed by atoms with Gasteiger partial charge in [0.2, 0.25) is 5.91 Å². The van der Waals surface area contributed by atoms with Crippen molar-refractivity contribution in [1.29, 1.82) is 0 Å². The van der Waals surface area contributed by atoms with Gasteiger partial charge in [-0.05, 0) is 43.0 Å². The number of carbonyl (C=O) groups excluding carboxylic acids is 2. The third-order valence-corrected chi connectivity index (χ3v) is 4.73. The molecule has 4 N–H and O–H groups in total. The highest BCUT2D eigenvalue weighted by molar-refractivity contribution is 5.96. The van der Waals surface area contributed by atoms with Gasteiger partial charge in [0.25, 0.3) is 0 Å². The minimum Gasteiger partial charge on any atom is -0.366 e. The van der Waals surface area contributed by atoms with Gasteiger partial charge in [0.1, 0.15) is 0 Å². The molecule has 0 bridgehead atoms. The molecular weight excluding hydrogens is 314 g/mol. The van der Waals surface area contributed by atoms with Crippen molar-refractivity contribution < 1.29 is 9.59 Å². The molecule has 0 saturated heterocycles. The Hall–Kier alpha value is -2.82. The fourth-order valence-corrected chi connectivity index (χ4v) is 3.54. The monoisotopic (exact) mass is 337 g/mol. The van der Waals surface area contributed by atoms with Crippen molar-refractivity contribution in [3.8, 4) is 0 Å². The number of anilines is 1. The minimum atomic E-state index is -0.514. The molecule has 0 aliphatic heterocycles. The second-order valence-electron chi connectivity index (χ2n) is 6.67. The van der Waals surface area contributed by atoms with E-state index in [9.17, 15) is 9.59 Å². The second-order valence-corrected chi connectivity index (χ2v) is 6.67. The van der Waals surface area contributed by atoms with E-state index in [2.05, 4.69) is 22.8 Å². The van der Waals surface area contributed by atoms with Crippen LogP contribution in [0.3, 0.4) is 0 Å². The first kappa shape index (κ1) is 17.0. The van der Waals surface area contributed by atoms with Crippen LogP contribution in [0.2, 0.25) is 0 Å². The first-order valence-electron chi connectivity index (χ1n) is 8.59. The molecule has 1 fully saturated rings. The van der Waals surface area contributed by atoms with Gasteiger partial charge in [-0.1, -0.05) is 49.2 Å². The highest BCUT2D eigenvalue weighted by Crippen LogP contribution is 2.33. The van der Waals surface area contributed by atoms with Crippen LogP contribution in [0.15, 0.2) is 54.6 Å². The Balaban J connectivity index is 1.69. The molecule has 0 unspecified atom stereocenters. The lowest BCUT2D eigenvalue weighted by Crippen LogP contribution is -2.49. The first-order valence-corrected chi connectivity index (χ1v) is 8.59. The van der Waals surface area contributed by atoms with E-state index < -0.39 is 5.91 Å². The van der Waals surface area contributed by atoms with Gasteiger partial charge in [-0.3, -0.25) is 4.79 Å². The quantitative estimate of drug-likeness (QED) is 0.780. The number of primary amides is 1. The maximum absolute atomic E-state index is 12.5. The highest BCUT2D eigenvalue weighted by Gasteiger charge is 2.35. The number of rotatable bonds is 5. The van der Waals surface area contributed by atoms with E-state index in [4.69, 9.17) is 5.73 Å². The van der Waals surface area contributed by atoms with E-state index in [0.29, 0.717) is 11.3 Å². The third-order valence-electron chi connectivity index (χ3n) is 4.73. The molecule has 0 aromatic heterocycles. The summed E-state index contributed by atoms with van der Waals surface area (Å²) in [6, 6.07) is 16.6. The number of hydrogen-bond acceptors (Lipinski definition) is 2. The number of carbonyl (C=O) groups is 2. The summed E-state index contributed by atoms with van der Waals surface area (Å²) in [4.78, 5) is 23.8. The molecule has 3 rings (SSSR count). The van der Waals surface area contributed by atoms with E-state index in [1.807, 2.05) is 18.2 Å². The molecule has 0 atom stereocenters. The third kappa shape index (κ3) is 4.38. The molecule has 0 spiro atoms. The Labute approximate surface area is 147 Å². The standard InChI is InChI=1S/C20H23N3O2/c21-18(24)16-9-6-10-17(13-16)22-19(25)23-20(11-4-5-12-20)14-15-7-2-1-3-8-15/h1-3,6-10,13H,4-5,11-12,14H2,(H2,21,24)(H2,22,23,25). The zero-order valence-electron chi connectivity index (χ0n) is 14.1. The largest absolute Gasteiger partial charge is 0.366 e. The molecule has 3 amide bonds. The SMILES string of the molecule is NC(=O)c1cccc(NC(=O)NC2(Cc3ccccc3)CCCC2)c1. The van der Waals surface area contributed by atoms with Crippen LogP contribution in [0, 0.1) is 0 Å². The summed E-state index contributed by atoms with van der Waals surface area (Å²) < 4.78 is 0. The number of hydrogen-bond donors (Lipinski definition) is 3. The van der Waals surface area contributed by atoms with Gasteiger partial charge in [-0.2, -0.15) is 0 Å². The predicted molar refractivity (Wildman–Crippen MR) is 98.5 cm³/mol. The molecule has 1 aliphatic rings. The predicted octanol–water partition coefficient (Wildman–Crippen LogP) is 3.46. The molecule has 0 radical (unpaired) electrons. The normalized spacial score (nSPS) is 15.5. The van der Waals surface area contributed by atoms with Crippen LogP contribution in [-0.2, 0) is 6.42 Å². The van der Waals surface area contributed by atoms with Crippen molar-refractivity contribution in [3.63, 3.8) is 0 Å². The Morgan fingerprint density at radius 1 is 1.00 bits per heavy atom. The summed E-state index contributed by atoms with van der Waals surface area (Å²) in [6.45, 7) is 0. The molecule has 2 aromatic carbocycles. The molecule has 0 heterocycles. The molecule has 25 heavy (non-hydrogen) atoms. The Morgan fingerprint density at radius 3 is 2.40 bits per heavy atom. The second kappa shape index (κ2) is 7.38. The van der Waals surface area contributed by atoms with E-state index >= 15 is 0 Å². The molecular formula is C20H23N3O2. The minimum absolute atomic E-state index is 0.216. The molecule has 130 valence electrons. The lowest BCUT2D eigenvalue weighted by molar-refractivity contribution is 0.1000. The van der Waals surface area contributed by atoms with Crippen molar-refractivity contribution in [2.24, 2.45) is 5.73 Å². The van der Waals surface area contributed by atoms with E-state index in [1.165, 1.54) is 5.56 Å². The lowest BCUT2D eigenvalue weighted by atomic mass is 9.89. The van der Waals surface area contributed by atoms with Crippen LogP contribution in [0.4, 0.5) is 10.5 Å². The summed E-state index contributed by atoms with van der Waals surface area (Å²) >= 11 is 0. The topological polar surface area (TPSA) is 84.2 Å². The van der Waals surface area contributed by atoms with Crippen LogP contribution in [0.1, 0.15) is 41.6 Å². The zero-order valence-corrected chi connectivity index (χ0v) is 14.1. The van der Waals surface area contributed by atoms with Crippen molar-refractivity contribution in [1.82, 2.24) is 5.32 Å². The van der Waals surface area contributed by atoms with Crippen LogP contribution in [0.25, 0.3) is 0 Å². The Kier molecular flexibility index (Phi) is 5.03. The number of nitrogens with two attached hydrogens (primary N) is 1. The van der Waals surface area contributed by atoms with E-state index in [0.717, 1.165) is 32.1 Å². The number of urea groups is 1. The maximum Gasteiger partial charge on any atom is 0.319 e. The number of nitrogens with one attached hydrogen (secondary N) is 2. The van der Waals surface area contributed by atoms with E-state index in [-0.39, 0.29) is 11.6 Å². The maximum atomic E-state index is 12.5. The average Bonchev–Trinajstić information content (AvgIpc) is 3.03. The van der Waals surface area contributed by atoms with Gasteiger partial charge in [0.05, 0.1) is 0 Å². The van der Waals surface area contributed by atoms with Gasteiger partial charge in [0.15, 0.2) is 0 Å². The van der Waals surface area contributed by atoms with Crippen molar-refractivity contribution in [2.45, 2.75) is 37.6 Å². The van der Waals surface area contributed by atoms with Crippen LogP contribution in [-0.4, -0.2) is 17.5 Å². The molecule has 5 nitrogen and oxygen atoms in total. The average molecular weight is 337 g/mol. The molecule has 1 aliphatic carbocycles. The van der Waals surface area contributed by atoms with Crippen molar-refractivity contribution in [2.75, 3.05) is 5.32 Å². The fourth-order valence-electron chi connectivity index (χ4n) is 3.54. The summed E-state index contributed by atoms with van der Waals surface area (Å²) in [6.07, 6.45) is 4.99. The Morgan fingerprint density at radius 2 is 1.72 bits per heavy atom. The lowest BCUT2D eigenvalue weighted by Gasteiger charge is -2.30. The van der Waals surface area contributed by atoms with Gasteiger partial charge in [-0.25, -0.2) is 4.79 Å². The number of amides is 3. The molecule has 1 saturated carbocycles. The van der Waals surface area contributed by atoms with Gasteiger partial charge in [0, 0.05) is 16.8 Å². The highest BCUT2D eigenvalue weighted by atomic mass is 16.2. The van der Waals surface area contributed by atoms with Crippen LogP contribution < -0.4 is 16.4 Å². The van der Waals surface area contributed by atoms with Crippen LogP contribution in [0.5, 0.6) is 0 Å². The smallest absolute Gasteiger partial charge is 0.319 e. The van der Waals surface area contributed by atoms with Crippen molar-refractivity contribution >= 4 is 17.6 Å². The summed E-state index contributed by atoms with van der Waals surface area (Å²) in [7, 11) is 0. The Bertz CT molecular complexity index is 753. The van der Waals surface area contributed by atoms with Crippen molar-refractivity contribution in [3.05, 3.63) is 65.7 Å². The van der Waals surface area contributed by atoms with Gasteiger partial charge < -0.3 is 16.4 Å². The van der Waals surface area contributed by atoms with Gasteiger partial charge >= 0.3 is 6.03 Å². The summed E-state index contributed by atoms with van der Waals surface area (Å²) in [5, 5.41) is 5.99. The molecule has 2 aromatic rings. The zero-order chi connectivity index (χ0) is 17.7. The summed E-state index contributed by atoms with van der Waals surface area (Å²) in [5.41, 5.74) is 7.22. The van der Waals surface area contributed by atoms with Gasteiger partial charge in [-0.15, -0.1) is 0 Å². The van der Waals surface area contributed by atoms with Crippen LogP contribution >= 0.6 is 0 Å². The molecule has 5 heteroatoms. The number of benzene rings is 2. The summed E-state index contributed by atoms with van der Waals surface area (Å²) in [5.74, 6) is -0.514. The van der Waals surface area contributed by atoms with E-state index in [1.54, 1.807) is 24.3 Å².